The van der Waals surface area contributed by atoms with Crippen LogP contribution in [0.2, 0.25) is 0 Å². The van der Waals surface area contributed by atoms with Crippen LogP contribution in [-0.4, -0.2) is 27.0 Å². The molecule has 5 heteroatoms. The third-order valence-corrected chi connectivity index (χ3v) is 5.11. The summed E-state index contributed by atoms with van der Waals surface area (Å²) in [4.78, 5) is 13.4. The molecule has 0 aliphatic carbocycles. The van der Waals surface area contributed by atoms with E-state index in [4.69, 9.17) is 18.9 Å². The Labute approximate surface area is 189 Å². The molecule has 0 aliphatic heterocycles. The topological polar surface area (TPSA) is 54.0 Å². The summed E-state index contributed by atoms with van der Waals surface area (Å²) in [5.41, 5.74) is 3.65. The number of para-hydroxylation sites is 1. The summed E-state index contributed by atoms with van der Waals surface area (Å²) in [6.07, 6.45) is 0. The fourth-order valence-corrected chi connectivity index (χ4v) is 3.60. The zero-order valence-corrected chi connectivity index (χ0v) is 19.3. The van der Waals surface area contributed by atoms with Gasteiger partial charge in [-0.1, -0.05) is 69.3 Å². The molecule has 0 saturated heterocycles. The van der Waals surface area contributed by atoms with Gasteiger partial charge in [-0.15, -0.1) is 0 Å². The van der Waals surface area contributed by atoms with E-state index in [-0.39, 0.29) is 12.2 Å². The Morgan fingerprint density at radius 3 is 2.25 bits per heavy atom. The molecule has 0 aliphatic rings. The van der Waals surface area contributed by atoms with E-state index in [1.54, 1.807) is 26.4 Å². The maximum absolute atomic E-state index is 13.4. The molecule has 3 aromatic carbocycles. The van der Waals surface area contributed by atoms with Crippen molar-refractivity contribution in [3.8, 4) is 22.6 Å². The highest BCUT2D eigenvalue weighted by molar-refractivity contribution is 6.00. The second-order valence-corrected chi connectivity index (χ2v) is 8.43. The molecule has 0 unspecified atom stereocenters. The van der Waals surface area contributed by atoms with Gasteiger partial charge in [0.25, 0.3) is 0 Å². The van der Waals surface area contributed by atoms with Crippen LogP contribution in [-0.2, 0) is 21.5 Å². The average molecular weight is 435 g/mol. The Morgan fingerprint density at radius 2 is 1.53 bits per heavy atom. The molecule has 0 radical (unpaired) electrons. The zero-order valence-electron chi connectivity index (χ0n) is 19.3. The van der Waals surface area contributed by atoms with Crippen LogP contribution in [0.4, 0.5) is 0 Å². The standard InChI is InChI=1S/C27H30O5/c1-27(2,3)22-14-8-9-15-23(22)32-26(28)21-13-10-16-24(30-5)25(21)20-12-7-6-11-19(20)17-31-18-29-4/h6-16H,17-18H2,1-5H3. The Hall–Kier alpha value is -3.15. The minimum Gasteiger partial charge on any atom is -0.496 e. The van der Waals surface area contributed by atoms with Crippen LogP contribution in [0.1, 0.15) is 42.3 Å². The number of ether oxygens (including phenoxy) is 4. The first-order valence-corrected chi connectivity index (χ1v) is 10.5. The minimum absolute atomic E-state index is 0.167. The third-order valence-electron chi connectivity index (χ3n) is 5.11. The van der Waals surface area contributed by atoms with Gasteiger partial charge in [-0.25, -0.2) is 4.79 Å². The first kappa shape index (κ1) is 23.5. The van der Waals surface area contributed by atoms with Crippen LogP contribution in [0.5, 0.6) is 11.5 Å². The SMILES string of the molecule is COCOCc1ccccc1-c1c(OC)cccc1C(=O)Oc1ccccc1C(C)(C)C. The van der Waals surface area contributed by atoms with E-state index in [9.17, 15) is 4.79 Å². The molecule has 3 aromatic rings. The number of hydrogen-bond donors (Lipinski definition) is 0. The molecule has 0 amide bonds. The van der Waals surface area contributed by atoms with E-state index in [2.05, 4.69) is 20.8 Å². The lowest BCUT2D eigenvalue weighted by molar-refractivity contribution is -0.0389. The zero-order chi connectivity index (χ0) is 23.1. The first-order chi connectivity index (χ1) is 15.4. The van der Waals surface area contributed by atoms with Crippen molar-refractivity contribution >= 4 is 5.97 Å². The molecule has 0 spiro atoms. The minimum atomic E-state index is -0.441. The van der Waals surface area contributed by atoms with Gasteiger partial charge >= 0.3 is 5.97 Å². The smallest absolute Gasteiger partial charge is 0.344 e. The molecule has 32 heavy (non-hydrogen) atoms. The van der Waals surface area contributed by atoms with Crippen LogP contribution >= 0.6 is 0 Å². The van der Waals surface area contributed by atoms with Crippen LogP contribution in [0, 0.1) is 0 Å². The predicted molar refractivity (Wildman–Crippen MR) is 125 cm³/mol. The molecule has 3 rings (SSSR count). The van der Waals surface area contributed by atoms with Gasteiger partial charge in [-0.05, 0) is 34.7 Å². The lowest BCUT2D eigenvalue weighted by atomic mass is 9.86. The van der Waals surface area contributed by atoms with Crippen LogP contribution in [0.3, 0.4) is 0 Å². The maximum Gasteiger partial charge on any atom is 0.344 e. The van der Waals surface area contributed by atoms with E-state index in [1.807, 2.05) is 54.6 Å². The van der Waals surface area contributed by atoms with Gasteiger partial charge in [-0.2, -0.15) is 0 Å². The van der Waals surface area contributed by atoms with Crippen molar-refractivity contribution < 1.29 is 23.7 Å². The summed E-state index contributed by atoms with van der Waals surface area (Å²) in [5.74, 6) is 0.696. The molecule has 0 atom stereocenters. The number of carbonyl (C=O) groups is 1. The van der Waals surface area contributed by atoms with Gasteiger partial charge in [0.2, 0.25) is 0 Å². The molecule has 0 fully saturated rings. The number of hydrogen-bond acceptors (Lipinski definition) is 5. The van der Waals surface area contributed by atoms with Crippen molar-refractivity contribution in [1.82, 2.24) is 0 Å². The molecule has 168 valence electrons. The molecular weight excluding hydrogens is 404 g/mol. The quantitative estimate of drug-likeness (QED) is 0.188. The Kier molecular flexibility index (Phi) is 7.67. The molecule has 0 saturated carbocycles. The molecule has 0 N–H and O–H groups in total. The van der Waals surface area contributed by atoms with Gasteiger partial charge in [0.1, 0.15) is 18.3 Å². The van der Waals surface area contributed by atoms with Crippen molar-refractivity contribution in [2.24, 2.45) is 0 Å². The first-order valence-electron chi connectivity index (χ1n) is 10.5. The van der Waals surface area contributed by atoms with Gasteiger partial charge in [0, 0.05) is 18.2 Å². The van der Waals surface area contributed by atoms with Crippen molar-refractivity contribution in [1.29, 1.82) is 0 Å². The van der Waals surface area contributed by atoms with Crippen LogP contribution < -0.4 is 9.47 Å². The van der Waals surface area contributed by atoms with E-state index in [0.717, 1.165) is 16.7 Å². The van der Waals surface area contributed by atoms with Gasteiger partial charge < -0.3 is 18.9 Å². The number of carbonyl (C=O) groups excluding carboxylic acids is 1. The summed E-state index contributed by atoms with van der Waals surface area (Å²) in [7, 11) is 3.17. The monoisotopic (exact) mass is 434 g/mol. The summed E-state index contributed by atoms with van der Waals surface area (Å²) < 4.78 is 22.1. The second-order valence-electron chi connectivity index (χ2n) is 8.43. The summed E-state index contributed by atoms with van der Waals surface area (Å²) in [5, 5.41) is 0. The van der Waals surface area contributed by atoms with Crippen molar-refractivity contribution in [3.05, 3.63) is 83.4 Å². The molecule has 0 heterocycles. The lowest BCUT2D eigenvalue weighted by Crippen LogP contribution is -2.17. The van der Waals surface area contributed by atoms with Crippen molar-refractivity contribution in [2.75, 3.05) is 21.0 Å². The van der Waals surface area contributed by atoms with Crippen molar-refractivity contribution in [3.63, 3.8) is 0 Å². The van der Waals surface area contributed by atoms with Crippen molar-refractivity contribution in [2.45, 2.75) is 32.8 Å². The van der Waals surface area contributed by atoms with E-state index < -0.39 is 5.97 Å². The fourth-order valence-electron chi connectivity index (χ4n) is 3.60. The summed E-state index contributed by atoms with van der Waals surface area (Å²) in [6, 6.07) is 20.8. The second kappa shape index (κ2) is 10.4. The van der Waals surface area contributed by atoms with Crippen LogP contribution in [0.25, 0.3) is 11.1 Å². The molecule has 0 bridgehead atoms. The normalized spacial score (nSPS) is 11.3. The van der Waals surface area contributed by atoms with E-state index >= 15 is 0 Å². The fraction of sp³-hybridized carbons (Fsp3) is 0.296. The summed E-state index contributed by atoms with van der Waals surface area (Å²) in [6.45, 7) is 6.79. The average Bonchev–Trinajstić information content (AvgIpc) is 2.78. The number of benzene rings is 3. The highest BCUT2D eigenvalue weighted by Crippen LogP contribution is 2.37. The Bertz CT molecular complexity index is 1070. The highest BCUT2D eigenvalue weighted by atomic mass is 16.7. The molecule has 0 aromatic heterocycles. The number of methoxy groups -OCH3 is 2. The van der Waals surface area contributed by atoms with Crippen LogP contribution in [0.15, 0.2) is 66.7 Å². The maximum atomic E-state index is 13.4. The summed E-state index contributed by atoms with van der Waals surface area (Å²) >= 11 is 0. The largest absolute Gasteiger partial charge is 0.496 e. The lowest BCUT2D eigenvalue weighted by Gasteiger charge is -2.22. The van der Waals surface area contributed by atoms with Gasteiger partial charge in [-0.3, -0.25) is 0 Å². The van der Waals surface area contributed by atoms with E-state index in [0.29, 0.717) is 29.2 Å². The third kappa shape index (κ3) is 5.36. The Balaban J connectivity index is 2.05. The van der Waals surface area contributed by atoms with Gasteiger partial charge in [0.05, 0.1) is 19.3 Å². The number of rotatable bonds is 8. The number of esters is 1. The Morgan fingerprint density at radius 1 is 0.844 bits per heavy atom. The molecular formula is C27H30O5. The van der Waals surface area contributed by atoms with E-state index in [1.165, 1.54) is 0 Å². The predicted octanol–water partition coefficient (Wildman–Crippen LogP) is 6.00. The molecule has 5 nitrogen and oxygen atoms in total. The highest BCUT2D eigenvalue weighted by Gasteiger charge is 2.24. The van der Waals surface area contributed by atoms with Gasteiger partial charge in [0.15, 0.2) is 0 Å².